The zero-order valence-corrected chi connectivity index (χ0v) is 8.63. The first-order valence-electron chi connectivity index (χ1n) is 4.57. The predicted molar refractivity (Wildman–Crippen MR) is 53.3 cm³/mol. The van der Waals surface area contributed by atoms with Crippen LogP contribution in [0.1, 0.15) is 24.5 Å². The van der Waals surface area contributed by atoms with E-state index in [0.717, 1.165) is 36.6 Å². The van der Waals surface area contributed by atoms with E-state index in [9.17, 15) is 0 Å². The fourth-order valence-electron chi connectivity index (χ4n) is 1.75. The maximum atomic E-state index is 5.31. The van der Waals surface area contributed by atoms with E-state index in [4.69, 9.17) is 4.74 Å². The molecular weight excluding hydrogens is 184 g/mol. The lowest BCUT2D eigenvalue weighted by Crippen LogP contribution is -2.15. The van der Waals surface area contributed by atoms with Gasteiger partial charge in [0.2, 0.25) is 0 Å². The van der Waals surface area contributed by atoms with Crippen LogP contribution in [-0.4, -0.2) is 23.0 Å². The third kappa shape index (κ3) is 1.89. The number of hydrogen-bond acceptors (Lipinski definition) is 3. The standard InChI is InChI=1S/C9H14N2OS/c1-11-6-8(13)9(10-11)7-2-4-12-5-3-7/h6-7,13H,2-5H2,1H3. The molecule has 1 aromatic heterocycles. The summed E-state index contributed by atoms with van der Waals surface area (Å²) in [5, 5.41) is 4.42. The van der Waals surface area contributed by atoms with Gasteiger partial charge in [-0.15, -0.1) is 12.6 Å². The maximum absolute atomic E-state index is 5.31. The minimum Gasteiger partial charge on any atom is -0.381 e. The first-order valence-corrected chi connectivity index (χ1v) is 5.02. The normalized spacial score (nSPS) is 19.2. The topological polar surface area (TPSA) is 27.1 Å². The molecule has 2 rings (SSSR count). The molecule has 0 atom stereocenters. The Kier molecular flexibility index (Phi) is 2.60. The van der Waals surface area contributed by atoms with Gasteiger partial charge in [-0.1, -0.05) is 0 Å². The smallest absolute Gasteiger partial charge is 0.0790 e. The van der Waals surface area contributed by atoms with Gasteiger partial charge in [0.25, 0.3) is 0 Å². The molecule has 1 fully saturated rings. The van der Waals surface area contributed by atoms with E-state index >= 15 is 0 Å². The van der Waals surface area contributed by atoms with Crippen LogP contribution in [0.3, 0.4) is 0 Å². The van der Waals surface area contributed by atoms with Crippen molar-refractivity contribution in [3.63, 3.8) is 0 Å². The van der Waals surface area contributed by atoms with Crippen LogP contribution in [0.2, 0.25) is 0 Å². The molecule has 0 spiro atoms. The highest BCUT2D eigenvalue weighted by atomic mass is 32.1. The molecule has 1 aromatic rings. The van der Waals surface area contributed by atoms with Crippen molar-refractivity contribution < 1.29 is 4.74 Å². The monoisotopic (exact) mass is 198 g/mol. The largest absolute Gasteiger partial charge is 0.381 e. The molecule has 3 nitrogen and oxygen atoms in total. The van der Waals surface area contributed by atoms with E-state index in [2.05, 4.69) is 17.7 Å². The highest BCUT2D eigenvalue weighted by Crippen LogP contribution is 2.29. The molecule has 0 aromatic carbocycles. The Morgan fingerprint density at radius 2 is 2.23 bits per heavy atom. The second-order valence-corrected chi connectivity index (χ2v) is 3.94. The van der Waals surface area contributed by atoms with E-state index in [1.807, 2.05) is 17.9 Å². The van der Waals surface area contributed by atoms with Crippen LogP contribution in [0, 0.1) is 0 Å². The van der Waals surface area contributed by atoms with Gasteiger partial charge in [-0.2, -0.15) is 5.10 Å². The van der Waals surface area contributed by atoms with Crippen molar-refractivity contribution in [2.45, 2.75) is 23.7 Å². The molecule has 1 saturated heterocycles. The van der Waals surface area contributed by atoms with E-state index in [0.29, 0.717) is 5.92 Å². The van der Waals surface area contributed by atoms with E-state index in [1.165, 1.54) is 0 Å². The number of aryl methyl sites for hydroxylation is 1. The Morgan fingerprint density at radius 1 is 1.54 bits per heavy atom. The summed E-state index contributed by atoms with van der Waals surface area (Å²) in [7, 11) is 1.93. The van der Waals surface area contributed by atoms with E-state index < -0.39 is 0 Å². The lowest BCUT2D eigenvalue weighted by atomic mass is 9.97. The number of aromatic nitrogens is 2. The van der Waals surface area contributed by atoms with Crippen molar-refractivity contribution >= 4 is 12.6 Å². The summed E-state index contributed by atoms with van der Waals surface area (Å²) in [4.78, 5) is 1.01. The molecule has 0 amide bonds. The van der Waals surface area contributed by atoms with Gasteiger partial charge >= 0.3 is 0 Å². The second kappa shape index (κ2) is 3.72. The third-order valence-electron chi connectivity index (χ3n) is 2.45. The quantitative estimate of drug-likeness (QED) is 0.694. The molecule has 0 bridgehead atoms. The van der Waals surface area contributed by atoms with Crippen molar-refractivity contribution in [2.24, 2.45) is 7.05 Å². The third-order valence-corrected chi connectivity index (χ3v) is 2.79. The van der Waals surface area contributed by atoms with Gasteiger partial charge in [0, 0.05) is 37.3 Å². The first kappa shape index (κ1) is 9.09. The van der Waals surface area contributed by atoms with Crippen LogP contribution >= 0.6 is 12.6 Å². The number of nitrogens with zero attached hydrogens (tertiary/aromatic N) is 2. The van der Waals surface area contributed by atoms with Crippen molar-refractivity contribution in [2.75, 3.05) is 13.2 Å². The summed E-state index contributed by atoms with van der Waals surface area (Å²) in [5.41, 5.74) is 1.13. The molecule has 4 heteroatoms. The Balaban J connectivity index is 2.18. The van der Waals surface area contributed by atoms with Gasteiger partial charge in [0.05, 0.1) is 5.69 Å². The molecule has 0 saturated carbocycles. The van der Waals surface area contributed by atoms with Gasteiger partial charge in [-0.3, -0.25) is 4.68 Å². The second-order valence-electron chi connectivity index (χ2n) is 3.46. The van der Waals surface area contributed by atoms with Crippen molar-refractivity contribution in [3.05, 3.63) is 11.9 Å². The summed E-state index contributed by atoms with van der Waals surface area (Å²) in [6.07, 6.45) is 4.10. The zero-order valence-electron chi connectivity index (χ0n) is 7.73. The molecule has 0 N–H and O–H groups in total. The van der Waals surface area contributed by atoms with Crippen molar-refractivity contribution in [1.82, 2.24) is 9.78 Å². The van der Waals surface area contributed by atoms with Crippen LogP contribution in [0.5, 0.6) is 0 Å². The molecule has 0 aliphatic carbocycles. The lowest BCUT2D eigenvalue weighted by Gasteiger charge is -2.20. The average molecular weight is 198 g/mol. The molecule has 72 valence electrons. The van der Waals surface area contributed by atoms with Gasteiger partial charge < -0.3 is 4.74 Å². The first-order chi connectivity index (χ1) is 6.27. The minimum atomic E-state index is 0.544. The number of hydrogen-bond donors (Lipinski definition) is 1. The average Bonchev–Trinajstić information content (AvgIpc) is 2.47. The summed E-state index contributed by atoms with van der Waals surface area (Å²) < 4.78 is 7.13. The predicted octanol–water partition coefficient (Wildman–Crippen LogP) is 1.60. The van der Waals surface area contributed by atoms with Crippen molar-refractivity contribution in [1.29, 1.82) is 0 Å². The highest BCUT2D eigenvalue weighted by molar-refractivity contribution is 7.80. The summed E-state index contributed by atoms with van der Waals surface area (Å²) in [5.74, 6) is 0.544. The fourth-order valence-corrected chi connectivity index (χ4v) is 2.15. The lowest BCUT2D eigenvalue weighted by molar-refractivity contribution is 0.0839. The van der Waals surface area contributed by atoms with Gasteiger partial charge in [0.15, 0.2) is 0 Å². The van der Waals surface area contributed by atoms with Crippen molar-refractivity contribution in [3.8, 4) is 0 Å². The zero-order chi connectivity index (χ0) is 9.26. The summed E-state index contributed by atoms with van der Waals surface area (Å²) in [6.45, 7) is 1.71. The van der Waals surface area contributed by atoms with Gasteiger partial charge in [-0.05, 0) is 12.8 Å². The number of rotatable bonds is 1. The fraction of sp³-hybridized carbons (Fsp3) is 0.667. The maximum Gasteiger partial charge on any atom is 0.0790 e. The minimum absolute atomic E-state index is 0.544. The van der Waals surface area contributed by atoms with Crippen LogP contribution < -0.4 is 0 Å². The van der Waals surface area contributed by atoms with Crippen LogP contribution in [0.25, 0.3) is 0 Å². The Morgan fingerprint density at radius 3 is 2.77 bits per heavy atom. The van der Waals surface area contributed by atoms with E-state index in [1.54, 1.807) is 0 Å². The number of thiol groups is 1. The molecular formula is C9H14N2OS. The molecule has 0 unspecified atom stereocenters. The van der Waals surface area contributed by atoms with E-state index in [-0.39, 0.29) is 0 Å². The Bertz CT molecular complexity index is 292. The molecule has 0 radical (unpaired) electrons. The van der Waals surface area contributed by atoms with Crippen LogP contribution in [0.15, 0.2) is 11.1 Å². The summed E-state index contributed by atoms with van der Waals surface area (Å²) >= 11 is 4.40. The number of ether oxygens (including phenoxy) is 1. The van der Waals surface area contributed by atoms with Crippen LogP contribution in [0.4, 0.5) is 0 Å². The molecule has 2 heterocycles. The summed E-state index contributed by atoms with van der Waals surface area (Å²) in [6, 6.07) is 0. The Hall–Kier alpha value is -0.480. The van der Waals surface area contributed by atoms with Gasteiger partial charge in [0.1, 0.15) is 0 Å². The van der Waals surface area contributed by atoms with Gasteiger partial charge in [-0.25, -0.2) is 0 Å². The Labute approximate surface area is 83.5 Å². The highest BCUT2D eigenvalue weighted by Gasteiger charge is 2.20. The molecule has 13 heavy (non-hydrogen) atoms. The van der Waals surface area contributed by atoms with Crippen LogP contribution in [-0.2, 0) is 11.8 Å². The molecule has 1 aliphatic heterocycles. The molecule has 1 aliphatic rings. The SMILES string of the molecule is Cn1cc(S)c(C2CCOCC2)n1.